The molecule has 0 radical (unpaired) electrons. The summed E-state index contributed by atoms with van der Waals surface area (Å²) < 4.78 is 20.1. The van der Waals surface area contributed by atoms with E-state index < -0.39 is 11.1 Å². The summed E-state index contributed by atoms with van der Waals surface area (Å²) in [5.41, 5.74) is 2.29. The molecule has 164 valence electrons. The van der Waals surface area contributed by atoms with Gasteiger partial charge in [0, 0.05) is 10.0 Å². The van der Waals surface area contributed by atoms with Gasteiger partial charge in [0.25, 0.3) is 11.1 Å². The number of hydrogen-bond acceptors (Lipinski definition) is 5. The van der Waals surface area contributed by atoms with Gasteiger partial charge in [0.1, 0.15) is 18.2 Å². The molecule has 3 aromatic carbocycles. The number of rotatable bonds is 6. The molecular formula is C25H16BrFN2O3S. The summed E-state index contributed by atoms with van der Waals surface area (Å²) in [6.45, 7) is 0.166. The van der Waals surface area contributed by atoms with Crippen LogP contribution in [0.3, 0.4) is 0 Å². The van der Waals surface area contributed by atoms with Gasteiger partial charge in [-0.3, -0.25) is 14.5 Å². The molecule has 5 nitrogen and oxygen atoms in total. The number of amides is 2. The second-order valence-electron chi connectivity index (χ2n) is 7.14. The zero-order valence-corrected chi connectivity index (χ0v) is 19.5. The van der Waals surface area contributed by atoms with Gasteiger partial charge >= 0.3 is 0 Å². The first-order chi connectivity index (χ1) is 15.9. The average molecular weight is 523 g/mol. The highest BCUT2D eigenvalue weighted by molar-refractivity contribution is 9.10. The summed E-state index contributed by atoms with van der Waals surface area (Å²) in [5.74, 6) is -0.295. The van der Waals surface area contributed by atoms with Crippen LogP contribution >= 0.6 is 27.7 Å². The van der Waals surface area contributed by atoms with E-state index in [2.05, 4.69) is 22.0 Å². The first-order valence-corrected chi connectivity index (χ1v) is 11.5. The van der Waals surface area contributed by atoms with Crippen molar-refractivity contribution < 1.29 is 18.7 Å². The fourth-order valence-corrected chi connectivity index (χ4v) is 4.47. The fraction of sp³-hybridized carbons (Fsp3) is 0.0800. The molecular weight excluding hydrogens is 507 g/mol. The van der Waals surface area contributed by atoms with Gasteiger partial charge in [-0.2, -0.15) is 5.26 Å². The third kappa shape index (κ3) is 5.33. The van der Waals surface area contributed by atoms with Crippen molar-refractivity contribution in [3.63, 3.8) is 0 Å². The molecule has 1 heterocycles. The Labute approximate surface area is 202 Å². The van der Waals surface area contributed by atoms with Crippen molar-refractivity contribution in [2.45, 2.75) is 13.2 Å². The van der Waals surface area contributed by atoms with Gasteiger partial charge in [0.15, 0.2) is 0 Å². The molecule has 0 unspecified atom stereocenters. The van der Waals surface area contributed by atoms with E-state index in [0.717, 1.165) is 21.1 Å². The number of nitriles is 1. The van der Waals surface area contributed by atoms with Crippen molar-refractivity contribution >= 4 is 44.9 Å². The Kier molecular flexibility index (Phi) is 6.92. The molecule has 1 fully saturated rings. The molecule has 4 rings (SSSR count). The second-order valence-corrected chi connectivity index (χ2v) is 9.05. The molecule has 1 aliphatic rings. The molecule has 33 heavy (non-hydrogen) atoms. The minimum absolute atomic E-state index is 0.0210. The van der Waals surface area contributed by atoms with Crippen LogP contribution in [0, 0.1) is 17.1 Å². The fourth-order valence-electron chi connectivity index (χ4n) is 3.27. The Hall–Kier alpha value is -3.41. The van der Waals surface area contributed by atoms with Gasteiger partial charge in [0.05, 0.1) is 23.1 Å². The Balaban J connectivity index is 1.57. The number of carbonyl (C=O) groups is 2. The topological polar surface area (TPSA) is 70.4 Å². The molecule has 0 aliphatic carbocycles. The van der Waals surface area contributed by atoms with Crippen LogP contribution in [0.5, 0.6) is 5.75 Å². The van der Waals surface area contributed by atoms with Crippen molar-refractivity contribution in [2.24, 2.45) is 0 Å². The monoisotopic (exact) mass is 522 g/mol. The summed E-state index contributed by atoms with van der Waals surface area (Å²) in [6.07, 6.45) is 1.60. The normalized spacial score (nSPS) is 14.6. The minimum Gasteiger partial charge on any atom is -0.488 e. The van der Waals surface area contributed by atoms with Gasteiger partial charge < -0.3 is 4.74 Å². The maximum Gasteiger partial charge on any atom is 0.293 e. The standard InChI is InChI=1S/C25H16BrFN2O3S/c26-20-8-9-22(32-15-16-4-3-7-21(27)10-16)19(11-20)12-23-24(30)29(25(31)33-23)14-18-6-2-1-5-17(18)13-28/h1-12H,14-15H2/b23-12+. The van der Waals surface area contributed by atoms with Crippen molar-refractivity contribution in [3.05, 3.63) is 104 Å². The Morgan fingerprint density at radius 2 is 1.91 bits per heavy atom. The molecule has 1 saturated heterocycles. The van der Waals surface area contributed by atoms with E-state index in [1.807, 2.05) is 0 Å². The highest BCUT2D eigenvalue weighted by Crippen LogP contribution is 2.36. The number of hydrogen-bond donors (Lipinski definition) is 0. The lowest BCUT2D eigenvalue weighted by atomic mass is 10.1. The van der Waals surface area contributed by atoms with Gasteiger partial charge in [0.2, 0.25) is 0 Å². The number of halogens is 2. The van der Waals surface area contributed by atoms with Crippen LogP contribution in [0.25, 0.3) is 6.08 Å². The third-order valence-corrected chi connectivity index (χ3v) is 6.28. The molecule has 0 bridgehead atoms. The van der Waals surface area contributed by atoms with Crippen LogP contribution in [-0.4, -0.2) is 16.0 Å². The molecule has 2 amide bonds. The van der Waals surface area contributed by atoms with Gasteiger partial charge in [-0.05, 0) is 65.4 Å². The number of benzene rings is 3. The SMILES string of the molecule is N#Cc1ccccc1CN1C(=O)S/C(=C/c2cc(Br)ccc2OCc2cccc(F)c2)C1=O. The van der Waals surface area contributed by atoms with E-state index in [9.17, 15) is 19.2 Å². The van der Waals surface area contributed by atoms with Crippen LogP contribution in [0.4, 0.5) is 9.18 Å². The van der Waals surface area contributed by atoms with E-state index in [4.69, 9.17) is 4.74 Å². The quantitative estimate of drug-likeness (QED) is 0.356. The van der Waals surface area contributed by atoms with E-state index in [0.29, 0.717) is 28.0 Å². The molecule has 8 heteroatoms. The van der Waals surface area contributed by atoms with Crippen LogP contribution in [0.2, 0.25) is 0 Å². The summed E-state index contributed by atoms with van der Waals surface area (Å²) in [6, 6.07) is 20.4. The van der Waals surface area contributed by atoms with Crippen LogP contribution in [0.15, 0.2) is 76.1 Å². The average Bonchev–Trinajstić information content (AvgIpc) is 3.06. The van der Waals surface area contributed by atoms with Crippen LogP contribution < -0.4 is 4.74 Å². The number of ether oxygens (including phenoxy) is 1. The summed E-state index contributed by atoms with van der Waals surface area (Å²) >= 11 is 4.25. The lowest BCUT2D eigenvalue weighted by Gasteiger charge is -2.13. The minimum atomic E-state index is -0.436. The summed E-state index contributed by atoms with van der Waals surface area (Å²) in [7, 11) is 0. The number of thioether (sulfide) groups is 1. The lowest BCUT2D eigenvalue weighted by molar-refractivity contribution is -0.123. The van der Waals surface area contributed by atoms with E-state index in [1.54, 1.807) is 60.7 Å². The summed E-state index contributed by atoms with van der Waals surface area (Å²) in [4.78, 5) is 26.9. The first-order valence-electron chi connectivity index (χ1n) is 9.85. The molecule has 0 atom stereocenters. The van der Waals surface area contributed by atoms with Gasteiger partial charge in [-0.1, -0.05) is 46.3 Å². The molecule has 0 spiro atoms. The number of imide groups is 1. The van der Waals surface area contributed by atoms with E-state index >= 15 is 0 Å². The van der Waals surface area contributed by atoms with Gasteiger partial charge in [-0.15, -0.1) is 0 Å². The first kappa shape index (κ1) is 22.8. The highest BCUT2D eigenvalue weighted by atomic mass is 79.9. The molecule has 0 aromatic heterocycles. The van der Waals surface area contributed by atoms with Crippen LogP contribution in [0.1, 0.15) is 22.3 Å². The Morgan fingerprint density at radius 3 is 2.70 bits per heavy atom. The zero-order chi connectivity index (χ0) is 23.4. The maximum atomic E-state index is 13.5. The predicted octanol–water partition coefficient (Wildman–Crippen LogP) is 6.28. The number of carbonyl (C=O) groups excluding carboxylic acids is 2. The lowest BCUT2D eigenvalue weighted by Crippen LogP contribution is -2.27. The van der Waals surface area contributed by atoms with E-state index in [-0.39, 0.29) is 23.9 Å². The Bertz CT molecular complexity index is 1320. The molecule has 3 aromatic rings. The van der Waals surface area contributed by atoms with Crippen LogP contribution in [-0.2, 0) is 17.9 Å². The van der Waals surface area contributed by atoms with Crippen molar-refractivity contribution in [1.29, 1.82) is 5.26 Å². The van der Waals surface area contributed by atoms with Gasteiger partial charge in [-0.25, -0.2) is 4.39 Å². The Morgan fingerprint density at radius 1 is 1.09 bits per heavy atom. The third-order valence-electron chi connectivity index (χ3n) is 4.88. The smallest absolute Gasteiger partial charge is 0.293 e. The highest BCUT2D eigenvalue weighted by Gasteiger charge is 2.35. The van der Waals surface area contributed by atoms with Crippen molar-refractivity contribution in [1.82, 2.24) is 4.90 Å². The molecule has 0 saturated carbocycles. The van der Waals surface area contributed by atoms with E-state index in [1.165, 1.54) is 12.1 Å². The van der Waals surface area contributed by atoms with Crippen molar-refractivity contribution in [3.8, 4) is 11.8 Å². The molecule has 1 aliphatic heterocycles. The largest absolute Gasteiger partial charge is 0.488 e. The maximum absolute atomic E-state index is 13.5. The second kappa shape index (κ2) is 10.0. The number of nitrogens with zero attached hydrogens (tertiary/aromatic N) is 2. The zero-order valence-electron chi connectivity index (χ0n) is 17.1. The predicted molar refractivity (Wildman–Crippen MR) is 128 cm³/mol. The summed E-state index contributed by atoms with van der Waals surface area (Å²) in [5, 5.41) is 8.88. The molecule has 0 N–H and O–H groups in total. The van der Waals surface area contributed by atoms with Crippen molar-refractivity contribution in [2.75, 3.05) is 0 Å².